The van der Waals surface area contributed by atoms with Gasteiger partial charge in [0.2, 0.25) is 0 Å². The molecule has 2 amide bonds. The number of benzene rings is 1. The molecule has 8 heteroatoms. The lowest BCUT2D eigenvalue weighted by atomic mass is 10.2. The Hall–Kier alpha value is -2.09. The van der Waals surface area contributed by atoms with Crippen LogP contribution < -0.4 is 20.2 Å². The molecule has 0 fully saturated rings. The largest absolute Gasteiger partial charge is 0.490 e. The Kier molecular flexibility index (Phi) is 8.25. The van der Waals surface area contributed by atoms with E-state index in [4.69, 9.17) is 9.47 Å². The van der Waals surface area contributed by atoms with Crippen molar-refractivity contribution in [1.29, 1.82) is 0 Å². The molecule has 0 aliphatic heterocycles. The van der Waals surface area contributed by atoms with Crippen LogP contribution in [0.1, 0.15) is 33.3 Å². The smallest absolute Gasteiger partial charge is 0.329 e. The maximum Gasteiger partial charge on any atom is 0.329 e. The summed E-state index contributed by atoms with van der Waals surface area (Å²) in [5.41, 5.74) is 2.86. The summed E-state index contributed by atoms with van der Waals surface area (Å²) in [5.74, 6) is -0.379. The molecule has 0 aromatic heterocycles. The van der Waals surface area contributed by atoms with Crippen LogP contribution in [-0.2, 0) is 9.59 Å². The molecule has 7 nitrogen and oxygen atoms in total. The SMILES string of the molecule is CCOc1cc(/C=N\NC(=O)C(=O)NC(C)C)cc(Br)c1OCC. The number of rotatable bonds is 7. The molecule has 0 spiro atoms. The Labute approximate surface area is 149 Å². The van der Waals surface area contributed by atoms with E-state index in [9.17, 15) is 9.59 Å². The highest BCUT2D eigenvalue weighted by molar-refractivity contribution is 9.10. The Morgan fingerprint density at radius 1 is 1.21 bits per heavy atom. The van der Waals surface area contributed by atoms with Crippen molar-refractivity contribution in [2.45, 2.75) is 33.7 Å². The van der Waals surface area contributed by atoms with E-state index in [1.807, 2.05) is 13.8 Å². The average Bonchev–Trinajstić information content (AvgIpc) is 2.50. The molecule has 2 N–H and O–H groups in total. The number of halogens is 1. The maximum absolute atomic E-state index is 11.6. The monoisotopic (exact) mass is 399 g/mol. The van der Waals surface area contributed by atoms with Crippen LogP contribution >= 0.6 is 15.9 Å². The van der Waals surface area contributed by atoms with Crippen LogP contribution in [-0.4, -0.2) is 37.3 Å². The molecule has 1 aromatic carbocycles. The number of carbonyl (C=O) groups excluding carboxylic acids is 2. The predicted molar refractivity (Wildman–Crippen MR) is 95.5 cm³/mol. The van der Waals surface area contributed by atoms with Crippen LogP contribution in [0.3, 0.4) is 0 Å². The van der Waals surface area contributed by atoms with Gasteiger partial charge in [0.05, 0.1) is 23.9 Å². The summed E-state index contributed by atoms with van der Waals surface area (Å²) >= 11 is 3.42. The molecule has 0 saturated carbocycles. The first-order chi connectivity index (χ1) is 11.4. The van der Waals surface area contributed by atoms with E-state index < -0.39 is 11.8 Å². The Bertz CT molecular complexity index is 618. The van der Waals surface area contributed by atoms with Gasteiger partial charge in [0.1, 0.15) is 0 Å². The van der Waals surface area contributed by atoms with E-state index in [1.165, 1.54) is 6.21 Å². The van der Waals surface area contributed by atoms with Gasteiger partial charge in [-0.1, -0.05) is 0 Å². The van der Waals surface area contributed by atoms with Gasteiger partial charge in [0, 0.05) is 6.04 Å². The van der Waals surface area contributed by atoms with Gasteiger partial charge < -0.3 is 14.8 Å². The summed E-state index contributed by atoms with van der Waals surface area (Å²) in [6.07, 6.45) is 1.42. The molecule has 1 aromatic rings. The topological polar surface area (TPSA) is 89.0 Å². The van der Waals surface area contributed by atoms with Crippen molar-refractivity contribution in [1.82, 2.24) is 10.7 Å². The zero-order valence-corrected chi connectivity index (χ0v) is 15.8. The van der Waals surface area contributed by atoms with Crippen LogP contribution in [0, 0.1) is 0 Å². The molecular weight excluding hydrogens is 378 g/mol. The van der Waals surface area contributed by atoms with Gasteiger partial charge in [-0.05, 0) is 61.3 Å². The fraction of sp³-hybridized carbons (Fsp3) is 0.438. The highest BCUT2D eigenvalue weighted by Gasteiger charge is 2.14. The third-order valence-electron chi connectivity index (χ3n) is 2.63. The van der Waals surface area contributed by atoms with Crippen LogP contribution in [0.15, 0.2) is 21.7 Å². The minimum Gasteiger partial charge on any atom is -0.490 e. The summed E-state index contributed by atoms with van der Waals surface area (Å²) in [6, 6.07) is 3.39. The van der Waals surface area contributed by atoms with E-state index in [0.29, 0.717) is 34.7 Å². The summed E-state index contributed by atoms with van der Waals surface area (Å²) in [6.45, 7) is 8.28. The van der Waals surface area contributed by atoms with E-state index in [0.717, 1.165) is 0 Å². The van der Waals surface area contributed by atoms with Crippen molar-refractivity contribution in [3.63, 3.8) is 0 Å². The second-order valence-corrected chi connectivity index (χ2v) is 5.88. The lowest BCUT2D eigenvalue weighted by molar-refractivity contribution is -0.139. The molecule has 0 aliphatic carbocycles. The zero-order valence-electron chi connectivity index (χ0n) is 14.2. The molecule has 1 rings (SSSR count). The molecule has 0 bridgehead atoms. The average molecular weight is 400 g/mol. The van der Waals surface area contributed by atoms with Crippen molar-refractivity contribution in [2.75, 3.05) is 13.2 Å². The maximum atomic E-state index is 11.6. The summed E-state index contributed by atoms with van der Waals surface area (Å²) in [4.78, 5) is 23.0. The zero-order chi connectivity index (χ0) is 18.1. The molecule has 0 heterocycles. The fourth-order valence-corrected chi connectivity index (χ4v) is 2.33. The second kappa shape index (κ2) is 9.92. The van der Waals surface area contributed by atoms with Crippen LogP contribution in [0.2, 0.25) is 0 Å². The molecule has 0 aliphatic rings. The summed E-state index contributed by atoms with van der Waals surface area (Å²) < 4.78 is 11.8. The first-order valence-corrected chi connectivity index (χ1v) is 8.41. The van der Waals surface area contributed by atoms with E-state index in [2.05, 4.69) is 31.8 Å². The highest BCUT2D eigenvalue weighted by atomic mass is 79.9. The van der Waals surface area contributed by atoms with E-state index in [1.54, 1.807) is 26.0 Å². The van der Waals surface area contributed by atoms with E-state index >= 15 is 0 Å². The summed E-state index contributed by atoms with van der Waals surface area (Å²) in [5, 5.41) is 6.26. The number of nitrogens with zero attached hydrogens (tertiary/aromatic N) is 1. The second-order valence-electron chi connectivity index (χ2n) is 5.02. The van der Waals surface area contributed by atoms with Crippen LogP contribution in [0.5, 0.6) is 11.5 Å². The Morgan fingerprint density at radius 3 is 2.46 bits per heavy atom. The lowest BCUT2D eigenvalue weighted by Crippen LogP contribution is -2.41. The van der Waals surface area contributed by atoms with Gasteiger partial charge >= 0.3 is 11.8 Å². The summed E-state index contributed by atoms with van der Waals surface area (Å²) in [7, 11) is 0. The number of carbonyl (C=O) groups is 2. The van der Waals surface area contributed by atoms with Crippen molar-refractivity contribution < 1.29 is 19.1 Å². The first-order valence-electron chi connectivity index (χ1n) is 7.62. The molecule has 132 valence electrons. The van der Waals surface area contributed by atoms with Crippen molar-refractivity contribution >= 4 is 34.0 Å². The molecule has 0 saturated heterocycles. The van der Waals surface area contributed by atoms with Crippen molar-refractivity contribution in [3.8, 4) is 11.5 Å². The molecule has 24 heavy (non-hydrogen) atoms. The third kappa shape index (κ3) is 6.19. The number of amides is 2. The Balaban J connectivity index is 2.83. The fourth-order valence-electron chi connectivity index (χ4n) is 1.75. The van der Waals surface area contributed by atoms with Crippen molar-refractivity contribution in [3.05, 3.63) is 22.2 Å². The molecular formula is C16H22BrN3O4. The number of nitrogens with one attached hydrogen (secondary N) is 2. The lowest BCUT2D eigenvalue weighted by Gasteiger charge is -2.13. The van der Waals surface area contributed by atoms with Gasteiger partial charge in [-0.25, -0.2) is 5.43 Å². The van der Waals surface area contributed by atoms with Crippen LogP contribution in [0.25, 0.3) is 0 Å². The number of ether oxygens (including phenoxy) is 2. The Morgan fingerprint density at radius 2 is 1.88 bits per heavy atom. The molecule has 0 unspecified atom stereocenters. The van der Waals surface area contributed by atoms with Gasteiger partial charge in [0.15, 0.2) is 11.5 Å². The predicted octanol–water partition coefficient (Wildman–Crippen LogP) is 2.22. The minimum absolute atomic E-state index is 0.122. The first kappa shape index (κ1) is 20.0. The quantitative estimate of drug-likeness (QED) is 0.417. The minimum atomic E-state index is -0.824. The van der Waals surface area contributed by atoms with Gasteiger partial charge in [0.25, 0.3) is 0 Å². The van der Waals surface area contributed by atoms with E-state index in [-0.39, 0.29) is 6.04 Å². The van der Waals surface area contributed by atoms with Gasteiger partial charge in [-0.15, -0.1) is 0 Å². The van der Waals surface area contributed by atoms with Crippen LogP contribution in [0.4, 0.5) is 0 Å². The number of hydrogen-bond acceptors (Lipinski definition) is 5. The molecule has 0 radical (unpaired) electrons. The van der Waals surface area contributed by atoms with Crippen molar-refractivity contribution in [2.24, 2.45) is 5.10 Å². The van der Waals surface area contributed by atoms with Gasteiger partial charge in [-0.3, -0.25) is 9.59 Å². The normalized spacial score (nSPS) is 10.8. The number of hydrazone groups is 1. The number of hydrogen-bond donors (Lipinski definition) is 2. The highest BCUT2D eigenvalue weighted by Crippen LogP contribution is 2.36. The molecule has 0 atom stereocenters. The van der Waals surface area contributed by atoms with Gasteiger partial charge in [-0.2, -0.15) is 5.10 Å². The third-order valence-corrected chi connectivity index (χ3v) is 3.22. The standard InChI is InChI=1S/C16H22BrN3O4/c1-5-23-13-8-11(7-12(17)14(13)24-6-2)9-18-20-16(22)15(21)19-10(3)4/h7-10H,5-6H2,1-4H3,(H,19,21)(H,20,22)/b18-9-.